The van der Waals surface area contributed by atoms with Gasteiger partial charge in [0.25, 0.3) is 0 Å². The van der Waals surface area contributed by atoms with Gasteiger partial charge in [-0.05, 0) is 101 Å². The molecule has 1 atom stereocenters. The number of fused-ring (bicyclic) bond motifs is 3. The molecule has 269 valence electrons. The van der Waals surface area contributed by atoms with E-state index in [4.69, 9.17) is 39.5 Å². The first-order chi connectivity index (χ1) is 23.3. The molecule has 0 aromatic carbocycles. The maximum atomic E-state index is 11.4. The van der Waals surface area contributed by atoms with Crippen LogP contribution in [0.2, 0.25) is 15.5 Å². The zero-order chi connectivity index (χ0) is 35.6. The minimum absolute atomic E-state index is 0. The van der Waals surface area contributed by atoms with Crippen LogP contribution in [0.4, 0.5) is 9.59 Å². The largest absolute Gasteiger partial charge is 1.00 e. The van der Waals surface area contributed by atoms with Crippen LogP contribution < -0.4 is 56.1 Å². The second-order valence-corrected chi connectivity index (χ2v) is 14.0. The summed E-state index contributed by atoms with van der Waals surface area (Å²) in [5.41, 5.74) is 4.47. The van der Waals surface area contributed by atoms with Crippen molar-refractivity contribution in [1.29, 1.82) is 0 Å². The van der Waals surface area contributed by atoms with Crippen molar-refractivity contribution in [3.05, 3.63) is 44.1 Å². The first kappa shape index (κ1) is 47.4. The van der Waals surface area contributed by atoms with Crippen LogP contribution in [0.1, 0.15) is 36.9 Å². The molecular formula is C26H22BCl3FI3KN12O5. The minimum atomic E-state index is -0.625. The van der Waals surface area contributed by atoms with Crippen LogP contribution in [0.3, 0.4) is 0 Å². The second kappa shape index (κ2) is 21.0. The molecule has 0 saturated carbocycles. The van der Waals surface area contributed by atoms with E-state index in [1.165, 1.54) is 20.4 Å². The van der Waals surface area contributed by atoms with Gasteiger partial charge >= 0.3 is 63.6 Å². The van der Waals surface area contributed by atoms with Crippen LogP contribution in [0, 0.1) is 24.9 Å². The van der Waals surface area contributed by atoms with Gasteiger partial charge < -0.3 is 18.9 Å². The van der Waals surface area contributed by atoms with E-state index in [1.807, 2.05) is 56.8 Å². The number of ether oxygens (including phenoxy) is 3. The van der Waals surface area contributed by atoms with Crippen molar-refractivity contribution in [2.45, 2.75) is 39.3 Å². The van der Waals surface area contributed by atoms with E-state index in [2.05, 4.69) is 77.3 Å². The van der Waals surface area contributed by atoms with Crippen LogP contribution in [0.5, 0.6) is 0 Å². The Morgan fingerprint density at radius 2 is 1.25 bits per heavy atom. The molecule has 1 saturated heterocycles. The molecule has 6 aromatic rings. The van der Waals surface area contributed by atoms with Gasteiger partial charge in [-0.1, -0.05) is 34.8 Å². The Kier molecular flexibility index (Phi) is 19.1. The summed E-state index contributed by atoms with van der Waals surface area (Å²) in [4.78, 5) is 47.8. The quantitative estimate of drug-likeness (QED) is 0.163. The molecule has 0 bridgehead atoms. The maximum Gasteiger partial charge on any atom is 1.00 e. The Hall–Kier alpha value is -0.759. The van der Waals surface area contributed by atoms with Crippen molar-refractivity contribution in [1.82, 2.24) is 59.2 Å². The molecule has 1 aliphatic rings. The summed E-state index contributed by atoms with van der Waals surface area (Å²) in [6.45, 7) is 4.36. The minimum Gasteiger partial charge on any atom is -1.00 e. The van der Waals surface area contributed by atoms with E-state index in [0.29, 0.717) is 46.2 Å². The van der Waals surface area contributed by atoms with Crippen LogP contribution in [-0.2, 0) is 14.2 Å². The molecular weight excluding hydrogens is 1120 g/mol. The summed E-state index contributed by atoms with van der Waals surface area (Å²) in [5, 5.41) is 13.3. The predicted molar refractivity (Wildman–Crippen MR) is 209 cm³/mol. The Morgan fingerprint density at radius 3 is 1.77 bits per heavy atom. The van der Waals surface area contributed by atoms with Gasteiger partial charge in [-0.25, -0.2) is 44.2 Å². The summed E-state index contributed by atoms with van der Waals surface area (Å²) in [7, 11) is 2.53. The molecule has 0 spiro atoms. The third-order valence-corrected chi connectivity index (χ3v) is 9.69. The SMILES string of the molecule is COC(=O)n1nc(I)c2nc(C)c(Cl)nc21.COC(=O)n1nc(I)c2ncc(Cl)nc21.Cc1nc2c(I)nn(C3CCCCO3)c2nc1Cl.[B].[F-].[K+]. The number of carbonyl (C=O) groups excluding carboxylic acids is 2. The normalized spacial score (nSPS) is 13.5. The topological polar surface area (TPSA) is 193 Å². The van der Waals surface area contributed by atoms with Crippen molar-refractivity contribution in [3.63, 3.8) is 0 Å². The number of methoxy groups -OCH3 is 2. The summed E-state index contributed by atoms with van der Waals surface area (Å²) in [6.07, 6.45) is 3.32. The van der Waals surface area contributed by atoms with Crippen molar-refractivity contribution in [2.75, 3.05) is 20.8 Å². The van der Waals surface area contributed by atoms with Crippen molar-refractivity contribution >= 4 is 157 Å². The summed E-state index contributed by atoms with van der Waals surface area (Å²) < 4.78 is 20.7. The smallest absolute Gasteiger partial charge is 1.00 e. The van der Waals surface area contributed by atoms with Gasteiger partial charge in [0.1, 0.15) is 21.7 Å². The molecule has 7 heterocycles. The van der Waals surface area contributed by atoms with Crippen LogP contribution in [0.25, 0.3) is 33.5 Å². The molecule has 6 aromatic heterocycles. The van der Waals surface area contributed by atoms with Crippen LogP contribution >= 0.6 is 103 Å². The molecule has 0 aliphatic carbocycles. The average Bonchev–Trinajstić information content (AvgIpc) is 3.71. The summed E-state index contributed by atoms with van der Waals surface area (Å²) in [5.74, 6) is 0. The van der Waals surface area contributed by atoms with E-state index in [0.717, 1.165) is 50.1 Å². The molecule has 0 N–H and O–H groups in total. The zero-order valence-corrected chi connectivity index (χ0v) is 39.5. The van der Waals surface area contributed by atoms with E-state index >= 15 is 0 Å². The first-order valence-electron chi connectivity index (χ1n) is 13.9. The standard InChI is InChI=1S/C11H12ClIN4O.C8H6ClIN4O2.C7H4ClIN4O2.B.FH.K/c1-6-9(12)15-11-8(14-6)10(13)16-17(11)7-4-2-3-5-18-7;1-3-5(9)12-7-4(11-3)6(10)13-14(7)8(15)16-2;1-15-7(14)13-6-4(5(9)12-13)10-2-3(8)11-6;;;/h7H,2-5H2,1H3;1-2H3;2H,1H3;;1H;/q;;;;;+1/p-1. The van der Waals surface area contributed by atoms with E-state index < -0.39 is 12.2 Å². The van der Waals surface area contributed by atoms with Gasteiger partial charge in [-0.15, -0.1) is 9.36 Å². The third-order valence-electron chi connectivity index (χ3n) is 6.61. The molecule has 3 radical (unpaired) electrons. The van der Waals surface area contributed by atoms with Gasteiger partial charge in [0, 0.05) is 15.0 Å². The Bertz CT molecular complexity index is 2230. The fraction of sp³-hybridized carbons (Fsp3) is 0.346. The predicted octanol–water partition coefficient (Wildman–Crippen LogP) is 0.425. The van der Waals surface area contributed by atoms with Crippen LogP contribution in [0.15, 0.2) is 6.20 Å². The number of nitrogens with zero attached hydrogens (tertiary/aromatic N) is 12. The monoisotopic (exact) mass is 1140 g/mol. The second-order valence-electron chi connectivity index (χ2n) is 9.81. The molecule has 1 fully saturated rings. The van der Waals surface area contributed by atoms with Crippen LogP contribution in [-0.4, -0.2) is 101 Å². The van der Waals surface area contributed by atoms with Crippen molar-refractivity contribution in [3.8, 4) is 0 Å². The summed E-state index contributed by atoms with van der Waals surface area (Å²) in [6, 6.07) is 0. The molecule has 52 heavy (non-hydrogen) atoms. The fourth-order valence-electron chi connectivity index (χ4n) is 4.32. The number of carbonyl (C=O) groups is 2. The van der Waals surface area contributed by atoms with Gasteiger partial charge in [0.2, 0.25) is 0 Å². The molecule has 1 aliphatic heterocycles. The number of aryl methyl sites for hydroxylation is 2. The molecule has 17 nitrogen and oxygen atoms in total. The number of aromatic nitrogens is 12. The average molecular weight is 1140 g/mol. The van der Waals surface area contributed by atoms with Gasteiger partial charge in [-0.2, -0.15) is 15.3 Å². The third kappa shape index (κ3) is 10.5. The molecule has 26 heteroatoms. The first-order valence-corrected chi connectivity index (χ1v) is 18.2. The van der Waals surface area contributed by atoms with E-state index in [-0.39, 0.29) is 81.0 Å². The van der Waals surface area contributed by atoms with Crippen molar-refractivity contribution < 1.29 is 79.9 Å². The number of hydrogen-bond donors (Lipinski definition) is 0. The van der Waals surface area contributed by atoms with Gasteiger partial charge in [0.15, 0.2) is 44.6 Å². The number of rotatable bonds is 1. The zero-order valence-electron chi connectivity index (χ0n) is 27.6. The Morgan fingerprint density at radius 1 is 0.769 bits per heavy atom. The maximum absolute atomic E-state index is 11.4. The number of hydrogen-bond acceptors (Lipinski definition) is 14. The molecule has 0 amide bonds. The van der Waals surface area contributed by atoms with E-state index in [1.54, 1.807) is 6.92 Å². The molecule has 7 rings (SSSR count). The van der Waals surface area contributed by atoms with Gasteiger partial charge in [0.05, 0.1) is 31.8 Å². The molecule has 1 unspecified atom stereocenters. The van der Waals surface area contributed by atoms with E-state index in [9.17, 15) is 9.59 Å². The summed E-state index contributed by atoms with van der Waals surface area (Å²) >= 11 is 23.7. The Balaban J connectivity index is 0.000000264. The fourth-order valence-corrected chi connectivity index (χ4v) is 6.46. The van der Waals surface area contributed by atoms with Crippen molar-refractivity contribution in [2.24, 2.45) is 0 Å². The van der Waals surface area contributed by atoms with Gasteiger partial charge in [-0.3, -0.25) is 0 Å². The Labute approximate surface area is 394 Å². The number of halogens is 7.